The van der Waals surface area contributed by atoms with Crippen LogP contribution in [0.3, 0.4) is 0 Å². The number of aliphatic carboxylic acids is 1. The molecule has 0 saturated carbocycles. The van der Waals surface area contributed by atoms with Crippen molar-refractivity contribution in [2.75, 3.05) is 5.75 Å². The minimum Gasteiger partial charge on any atom is -0.549 e. The van der Waals surface area contributed by atoms with Crippen molar-refractivity contribution in [1.82, 2.24) is 0 Å². The standard InChI is InChI=1S/C11H11F3O2S/c12-11(13,14)9(10(15)16)7-17-6-8-4-2-1-3-5-8/h1-5,9H,6-7H2,(H,15,16)/p-1/t9-/m1/s1. The molecule has 0 aliphatic heterocycles. The Balaban J connectivity index is 2.46. The lowest BCUT2D eigenvalue weighted by Gasteiger charge is -2.20. The summed E-state index contributed by atoms with van der Waals surface area (Å²) in [5, 5.41) is 10.3. The second-order valence-corrected chi connectivity index (χ2v) is 4.44. The first-order valence-electron chi connectivity index (χ1n) is 4.80. The normalized spacial score (nSPS) is 13.4. The molecule has 0 fully saturated rings. The Morgan fingerprint density at radius 1 is 1.29 bits per heavy atom. The largest absolute Gasteiger partial charge is 0.549 e. The summed E-state index contributed by atoms with van der Waals surface area (Å²) in [7, 11) is 0. The van der Waals surface area contributed by atoms with Crippen LogP contribution in [0.15, 0.2) is 30.3 Å². The molecule has 17 heavy (non-hydrogen) atoms. The molecule has 0 saturated heterocycles. The summed E-state index contributed by atoms with van der Waals surface area (Å²) in [6, 6.07) is 8.89. The third kappa shape index (κ3) is 4.68. The second-order valence-electron chi connectivity index (χ2n) is 3.41. The highest BCUT2D eigenvalue weighted by Gasteiger charge is 2.40. The minimum atomic E-state index is -4.75. The molecule has 0 spiro atoms. The van der Waals surface area contributed by atoms with Gasteiger partial charge in [-0.15, -0.1) is 0 Å². The summed E-state index contributed by atoms with van der Waals surface area (Å²) in [6.45, 7) is 0. The highest BCUT2D eigenvalue weighted by Crippen LogP contribution is 2.29. The van der Waals surface area contributed by atoms with Gasteiger partial charge in [0.1, 0.15) is 5.92 Å². The number of hydrogen-bond donors (Lipinski definition) is 0. The van der Waals surface area contributed by atoms with Crippen LogP contribution in [0.2, 0.25) is 0 Å². The molecule has 0 amide bonds. The van der Waals surface area contributed by atoms with Crippen molar-refractivity contribution < 1.29 is 23.1 Å². The molecule has 0 unspecified atom stereocenters. The summed E-state index contributed by atoms with van der Waals surface area (Å²) in [5.41, 5.74) is 0.858. The molecule has 2 nitrogen and oxygen atoms in total. The molecule has 0 N–H and O–H groups in total. The van der Waals surface area contributed by atoms with Gasteiger partial charge in [-0.05, 0) is 5.56 Å². The number of rotatable bonds is 5. The molecule has 0 aromatic heterocycles. The van der Waals surface area contributed by atoms with E-state index in [0.717, 1.165) is 17.3 Å². The first-order valence-corrected chi connectivity index (χ1v) is 5.96. The van der Waals surface area contributed by atoms with Crippen LogP contribution in [0.5, 0.6) is 0 Å². The van der Waals surface area contributed by atoms with Crippen molar-refractivity contribution in [1.29, 1.82) is 0 Å². The molecule has 1 rings (SSSR count). The quantitative estimate of drug-likeness (QED) is 0.814. The van der Waals surface area contributed by atoms with Crippen LogP contribution in [0, 0.1) is 5.92 Å². The topological polar surface area (TPSA) is 40.1 Å². The number of hydrogen-bond acceptors (Lipinski definition) is 3. The molecule has 0 heterocycles. The number of alkyl halides is 3. The van der Waals surface area contributed by atoms with Gasteiger partial charge in [-0.2, -0.15) is 24.9 Å². The fourth-order valence-electron chi connectivity index (χ4n) is 1.17. The minimum absolute atomic E-state index is 0.348. The summed E-state index contributed by atoms with van der Waals surface area (Å²) in [4.78, 5) is 10.3. The van der Waals surface area contributed by atoms with E-state index in [2.05, 4.69) is 0 Å². The first-order chi connectivity index (χ1) is 7.91. The van der Waals surface area contributed by atoms with Gasteiger partial charge in [-0.3, -0.25) is 0 Å². The molecular weight excluding hydrogens is 253 g/mol. The van der Waals surface area contributed by atoms with Gasteiger partial charge in [-0.1, -0.05) is 30.3 Å². The van der Waals surface area contributed by atoms with E-state index in [-0.39, 0.29) is 0 Å². The Bertz CT molecular complexity index is 365. The van der Waals surface area contributed by atoms with Gasteiger partial charge in [-0.25, -0.2) is 0 Å². The predicted octanol–water partition coefficient (Wildman–Crippen LogP) is 1.85. The van der Waals surface area contributed by atoms with E-state index in [0.29, 0.717) is 5.75 Å². The molecule has 6 heteroatoms. The van der Waals surface area contributed by atoms with Crippen LogP contribution in [-0.2, 0) is 10.5 Å². The zero-order chi connectivity index (χ0) is 12.9. The van der Waals surface area contributed by atoms with E-state index in [1.165, 1.54) is 0 Å². The SMILES string of the molecule is O=C([O-])[C@@H](CSCc1ccccc1)C(F)(F)F. The van der Waals surface area contributed by atoms with Gasteiger partial charge in [0.2, 0.25) is 0 Å². The Kier molecular flexibility index (Phi) is 4.86. The zero-order valence-electron chi connectivity index (χ0n) is 8.74. The van der Waals surface area contributed by atoms with Crippen LogP contribution in [0.25, 0.3) is 0 Å². The van der Waals surface area contributed by atoms with Crippen molar-refractivity contribution in [3.63, 3.8) is 0 Å². The van der Waals surface area contributed by atoms with Crippen LogP contribution < -0.4 is 5.11 Å². The molecule has 1 aromatic rings. The average Bonchev–Trinajstić information content (AvgIpc) is 2.23. The fourth-order valence-corrected chi connectivity index (χ4v) is 2.27. The number of benzene rings is 1. The fraction of sp³-hybridized carbons (Fsp3) is 0.364. The third-order valence-corrected chi connectivity index (χ3v) is 3.18. The summed E-state index contributed by atoms with van der Waals surface area (Å²) >= 11 is 0.929. The average molecular weight is 263 g/mol. The Hall–Kier alpha value is -1.17. The maximum atomic E-state index is 12.3. The lowest BCUT2D eigenvalue weighted by molar-refractivity contribution is -0.324. The van der Waals surface area contributed by atoms with Crippen molar-refractivity contribution in [3.8, 4) is 0 Å². The summed E-state index contributed by atoms with van der Waals surface area (Å²) < 4.78 is 36.8. The van der Waals surface area contributed by atoms with Gasteiger partial charge in [0.25, 0.3) is 0 Å². The van der Waals surface area contributed by atoms with Crippen LogP contribution in [0.1, 0.15) is 5.56 Å². The van der Waals surface area contributed by atoms with E-state index >= 15 is 0 Å². The van der Waals surface area contributed by atoms with E-state index in [4.69, 9.17) is 0 Å². The number of carbonyl (C=O) groups excluding carboxylic acids is 1. The molecule has 0 radical (unpaired) electrons. The maximum absolute atomic E-state index is 12.3. The molecule has 1 aromatic carbocycles. The smallest absolute Gasteiger partial charge is 0.397 e. The predicted molar refractivity (Wildman–Crippen MR) is 57.2 cm³/mol. The van der Waals surface area contributed by atoms with Crippen molar-refractivity contribution in [2.45, 2.75) is 11.9 Å². The third-order valence-electron chi connectivity index (χ3n) is 2.08. The molecule has 94 valence electrons. The highest BCUT2D eigenvalue weighted by molar-refractivity contribution is 7.98. The molecule has 1 atom stereocenters. The lowest BCUT2D eigenvalue weighted by atomic mass is 10.2. The number of halogens is 3. The first kappa shape index (κ1) is 13.9. The summed E-state index contributed by atoms with van der Waals surface area (Å²) in [6.07, 6.45) is -4.75. The van der Waals surface area contributed by atoms with E-state index in [9.17, 15) is 23.1 Å². The maximum Gasteiger partial charge on any atom is 0.397 e. The van der Waals surface area contributed by atoms with E-state index in [1.54, 1.807) is 30.3 Å². The van der Waals surface area contributed by atoms with Gasteiger partial charge in [0.05, 0.1) is 5.97 Å². The Morgan fingerprint density at radius 3 is 2.35 bits per heavy atom. The highest BCUT2D eigenvalue weighted by atomic mass is 32.2. The zero-order valence-corrected chi connectivity index (χ0v) is 9.55. The van der Waals surface area contributed by atoms with Crippen LogP contribution >= 0.6 is 11.8 Å². The summed E-state index contributed by atoms with van der Waals surface area (Å²) in [5.74, 6) is -4.66. The van der Waals surface area contributed by atoms with E-state index < -0.39 is 23.8 Å². The van der Waals surface area contributed by atoms with Gasteiger partial charge in [0.15, 0.2) is 0 Å². The number of carboxylic acids is 1. The molecule has 0 aliphatic rings. The Labute approximate surface area is 101 Å². The number of thioether (sulfide) groups is 1. The van der Waals surface area contributed by atoms with Crippen molar-refractivity contribution >= 4 is 17.7 Å². The van der Waals surface area contributed by atoms with Crippen molar-refractivity contribution in [3.05, 3.63) is 35.9 Å². The molecule has 0 bridgehead atoms. The number of carbonyl (C=O) groups is 1. The van der Waals surface area contributed by atoms with Crippen LogP contribution in [0.4, 0.5) is 13.2 Å². The molecule has 0 aliphatic carbocycles. The van der Waals surface area contributed by atoms with Crippen molar-refractivity contribution in [2.24, 2.45) is 5.92 Å². The Morgan fingerprint density at radius 2 is 1.88 bits per heavy atom. The van der Waals surface area contributed by atoms with E-state index in [1.807, 2.05) is 0 Å². The van der Waals surface area contributed by atoms with Gasteiger partial charge < -0.3 is 9.90 Å². The van der Waals surface area contributed by atoms with Gasteiger partial charge in [0, 0.05) is 11.5 Å². The lowest BCUT2D eigenvalue weighted by Crippen LogP contribution is -2.42. The monoisotopic (exact) mass is 263 g/mol. The van der Waals surface area contributed by atoms with Gasteiger partial charge >= 0.3 is 6.18 Å². The second kappa shape index (κ2) is 5.95. The number of carboxylic acid groups (broad SMARTS) is 1. The molecular formula is C11H10F3O2S-. The van der Waals surface area contributed by atoms with Crippen LogP contribution in [-0.4, -0.2) is 17.9 Å².